The topological polar surface area (TPSA) is 61.1 Å². The van der Waals surface area contributed by atoms with Crippen molar-refractivity contribution in [3.63, 3.8) is 0 Å². The Morgan fingerprint density at radius 2 is 2.05 bits per heavy atom. The number of fused-ring (bicyclic) bond motifs is 1. The van der Waals surface area contributed by atoms with Gasteiger partial charge in [-0.05, 0) is 30.4 Å². The van der Waals surface area contributed by atoms with Crippen molar-refractivity contribution in [2.75, 3.05) is 0 Å². The molecule has 5 heteroatoms. The summed E-state index contributed by atoms with van der Waals surface area (Å²) in [6, 6.07) is 4.13. The molecule has 3 rings (SSSR count). The maximum atomic E-state index is 14.1. The number of aromatic hydroxyl groups is 1. The number of allylic oxidation sites excluding steroid dienone is 2. The fourth-order valence-corrected chi connectivity index (χ4v) is 3.48. The van der Waals surface area contributed by atoms with Crippen LogP contribution in [0.4, 0.5) is 4.39 Å². The van der Waals surface area contributed by atoms with Crippen LogP contribution in [0.2, 0.25) is 5.02 Å². The molecule has 0 aliphatic heterocycles. The van der Waals surface area contributed by atoms with Gasteiger partial charge in [-0.25, -0.2) is 4.39 Å². The molecule has 0 aromatic heterocycles. The minimum Gasteiger partial charge on any atom is -0.506 e. The largest absolute Gasteiger partial charge is 0.506 e. The third kappa shape index (κ3) is 1.74. The highest BCUT2D eigenvalue weighted by Crippen LogP contribution is 2.50. The number of phenols is 1. The van der Waals surface area contributed by atoms with Crippen LogP contribution in [0.25, 0.3) is 5.57 Å². The monoisotopic (exact) mass is 291 g/mol. The molecule has 0 heterocycles. The second kappa shape index (κ2) is 4.60. The molecule has 102 valence electrons. The van der Waals surface area contributed by atoms with E-state index in [1.807, 2.05) is 6.07 Å². The molecule has 0 spiro atoms. The van der Waals surface area contributed by atoms with Gasteiger partial charge in [0.2, 0.25) is 0 Å². The van der Waals surface area contributed by atoms with Gasteiger partial charge in [0.15, 0.2) is 5.78 Å². The van der Waals surface area contributed by atoms with Crippen LogP contribution in [0.3, 0.4) is 0 Å². The normalized spacial score (nSPS) is 24.9. The number of carbonyl (C=O) groups excluding carboxylic acids is 1. The van der Waals surface area contributed by atoms with Crippen molar-refractivity contribution in [3.8, 4) is 11.8 Å². The van der Waals surface area contributed by atoms with Crippen molar-refractivity contribution in [1.29, 1.82) is 5.26 Å². The van der Waals surface area contributed by atoms with E-state index >= 15 is 0 Å². The molecule has 2 aliphatic rings. The Morgan fingerprint density at radius 1 is 1.35 bits per heavy atom. The zero-order valence-corrected chi connectivity index (χ0v) is 11.2. The molecular formula is C15H11ClFNO2. The van der Waals surface area contributed by atoms with E-state index in [0.29, 0.717) is 5.57 Å². The highest BCUT2D eigenvalue weighted by atomic mass is 35.5. The first kappa shape index (κ1) is 13.1. The number of hydrogen-bond acceptors (Lipinski definition) is 3. The first-order valence-electron chi connectivity index (χ1n) is 6.41. The van der Waals surface area contributed by atoms with Crippen LogP contribution >= 0.6 is 11.6 Å². The van der Waals surface area contributed by atoms with E-state index in [9.17, 15) is 19.6 Å². The number of nitriles is 1. The molecular weight excluding hydrogens is 281 g/mol. The van der Waals surface area contributed by atoms with Crippen molar-refractivity contribution in [2.45, 2.75) is 19.3 Å². The lowest BCUT2D eigenvalue weighted by Gasteiger charge is -2.14. The maximum absolute atomic E-state index is 14.1. The van der Waals surface area contributed by atoms with Gasteiger partial charge in [-0.1, -0.05) is 18.0 Å². The van der Waals surface area contributed by atoms with E-state index in [2.05, 4.69) is 0 Å². The SMILES string of the molecule is N#CC1=C(c2cc(Cl)c(O)cc2F)C2CCCC2C1=O. The summed E-state index contributed by atoms with van der Waals surface area (Å²) in [4.78, 5) is 12.2. The van der Waals surface area contributed by atoms with Crippen LogP contribution in [-0.2, 0) is 4.79 Å². The van der Waals surface area contributed by atoms with E-state index < -0.39 is 5.82 Å². The Kier molecular flexibility index (Phi) is 3.02. The fraction of sp³-hybridized carbons (Fsp3) is 0.333. The minimum absolute atomic E-state index is 0.0140. The average Bonchev–Trinajstić information content (AvgIpc) is 2.97. The number of hydrogen-bond donors (Lipinski definition) is 1. The average molecular weight is 292 g/mol. The number of rotatable bonds is 1. The first-order chi connectivity index (χ1) is 9.54. The minimum atomic E-state index is -0.657. The molecule has 20 heavy (non-hydrogen) atoms. The van der Waals surface area contributed by atoms with Crippen LogP contribution < -0.4 is 0 Å². The van der Waals surface area contributed by atoms with Gasteiger partial charge in [-0.15, -0.1) is 0 Å². The summed E-state index contributed by atoms with van der Waals surface area (Å²) in [5, 5.41) is 18.6. The number of nitrogens with zero attached hydrogens (tertiary/aromatic N) is 1. The number of halogens is 2. The Morgan fingerprint density at radius 3 is 2.75 bits per heavy atom. The summed E-state index contributed by atoms with van der Waals surface area (Å²) in [6.45, 7) is 0. The van der Waals surface area contributed by atoms with Gasteiger partial charge in [0.1, 0.15) is 17.6 Å². The van der Waals surface area contributed by atoms with Crippen LogP contribution in [0, 0.1) is 29.0 Å². The Labute approximate surface area is 120 Å². The van der Waals surface area contributed by atoms with E-state index in [4.69, 9.17) is 11.6 Å². The van der Waals surface area contributed by atoms with Crippen molar-refractivity contribution >= 4 is 23.0 Å². The van der Waals surface area contributed by atoms with E-state index in [-0.39, 0.29) is 39.5 Å². The number of carbonyl (C=O) groups is 1. The van der Waals surface area contributed by atoms with E-state index in [1.165, 1.54) is 6.07 Å². The van der Waals surface area contributed by atoms with Gasteiger partial charge in [-0.2, -0.15) is 5.26 Å². The summed E-state index contributed by atoms with van der Waals surface area (Å²) in [6.07, 6.45) is 2.41. The molecule has 1 N–H and O–H groups in total. The molecule has 1 saturated carbocycles. The lowest BCUT2D eigenvalue weighted by Crippen LogP contribution is -2.11. The maximum Gasteiger partial charge on any atom is 0.177 e. The number of phenolic OH excluding ortho intramolecular Hbond substituents is 1. The third-order valence-electron chi connectivity index (χ3n) is 4.18. The van der Waals surface area contributed by atoms with Gasteiger partial charge < -0.3 is 5.11 Å². The molecule has 1 aromatic carbocycles. The van der Waals surface area contributed by atoms with Gasteiger partial charge in [0.05, 0.1) is 10.6 Å². The van der Waals surface area contributed by atoms with Crippen molar-refractivity contribution in [3.05, 3.63) is 34.1 Å². The van der Waals surface area contributed by atoms with Gasteiger partial charge >= 0.3 is 0 Å². The summed E-state index contributed by atoms with van der Waals surface area (Å²) in [5.41, 5.74) is 0.659. The predicted molar refractivity (Wildman–Crippen MR) is 71.4 cm³/mol. The number of Topliss-reactive ketones (excluding diaryl/α,β-unsaturated/α-hetero) is 1. The quantitative estimate of drug-likeness (QED) is 0.862. The van der Waals surface area contributed by atoms with Crippen LogP contribution in [0.5, 0.6) is 5.75 Å². The smallest absolute Gasteiger partial charge is 0.177 e. The van der Waals surface area contributed by atoms with Crippen LogP contribution in [0.15, 0.2) is 17.7 Å². The molecule has 2 aliphatic carbocycles. The Hall–Kier alpha value is -1.86. The lowest BCUT2D eigenvalue weighted by molar-refractivity contribution is -0.118. The van der Waals surface area contributed by atoms with Crippen LogP contribution in [0.1, 0.15) is 24.8 Å². The standard InChI is InChI=1S/C15H11ClFNO2/c16-11-4-9(12(17)5-13(11)19)14-7-2-1-3-8(7)15(20)10(14)6-18/h4-5,7-8,19H,1-3H2. The van der Waals surface area contributed by atoms with E-state index in [0.717, 1.165) is 25.3 Å². The first-order valence-corrected chi connectivity index (χ1v) is 6.79. The summed E-state index contributed by atoms with van der Waals surface area (Å²) in [5.74, 6) is -1.50. The molecule has 0 saturated heterocycles. The molecule has 2 atom stereocenters. The van der Waals surface area contributed by atoms with Gasteiger partial charge in [-0.3, -0.25) is 4.79 Å². The van der Waals surface area contributed by atoms with Gasteiger partial charge in [0.25, 0.3) is 0 Å². The van der Waals surface area contributed by atoms with Gasteiger partial charge in [0, 0.05) is 17.5 Å². The number of benzene rings is 1. The summed E-state index contributed by atoms with van der Waals surface area (Å²) in [7, 11) is 0. The second-order valence-electron chi connectivity index (χ2n) is 5.19. The zero-order chi connectivity index (χ0) is 14.4. The predicted octanol–water partition coefficient (Wildman–Crippen LogP) is 3.46. The number of ketones is 1. The Bertz CT molecular complexity index is 690. The van der Waals surface area contributed by atoms with Crippen molar-refractivity contribution < 1.29 is 14.3 Å². The van der Waals surface area contributed by atoms with Crippen molar-refractivity contribution in [2.24, 2.45) is 11.8 Å². The molecule has 1 aromatic rings. The second-order valence-corrected chi connectivity index (χ2v) is 5.60. The molecule has 0 radical (unpaired) electrons. The highest BCUT2D eigenvalue weighted by Gasteiger charge is 2.45. The summed E-state index contributed by atoms with van der Waals surface area (Å²) < 4.78 is 14.1. The fourth-order valence-electron chi connectivity index (χ4n) is 3.32. The third-order valence-corrected chi connectivity index (χ3v) is 4.48. The molecule has 3 nitrogen and oxygen atoms in total. The van der Waals surface area contributed by atoms with E-state index in [1.54, 1.807) is 0 Å². The van der Waals surface area contributed by atoms with Crippen molar-refractivity contribution in [1.82, 2.24) is 0 Å². The molecule has 2 unspecified atom stereocenters. The molecule has 0 amide bonds. The Balaban J connectivity index is 2.22. The molecule has 0 bridgehead atoms. The molecule has 1 fully saturated rings. The zero-order valence-electron chi connectivity index (χ0n) is 10.5. The highest BCUT2D eigenvalue weighted by molar-refractivity contribution is 6.32. The summed E-state index contributed by atoms with van der Waals surface area (Å²) >= 11 is 5.83. The lowest BCUT2D eigenvalue weighted by atomic mass is 9.89. The van der Waals surface area contributed by atoms with Crippen LogP contribution in [-0.4, -0.2) is 10.9 Å².